The van der Waals surface area contributed by atoms with Gasteiger partial charge in [-0.15, -0.1) is 0 Å². The molecule has 1 amide bonds. The van der Waals surface area contributed by atoms with E-state index in [4.69, 9.17) is 28.3 Å². The number of benzene rings is 1. The first-order valence-corrected chi connectivity index (χ1v) is 7.56. The van der Waals surface area contributed by atoms with E-state index in [2.05, 4.69) is 0 Å². The molecule has 1 N–H and O–H groups in total. The molecule has 0 aliphatic heterocycles. The number of carbonyl (C=O) groups excluding carboxylic acids is 1. The first-order valence-electron chi connectivity index (χ1n) is 6.80. The molecule has 2 atom stereocenters. The first-order chi connectivity index (χ1) is 9.90. The Balaban J connectivity index is 2.00. The summed E-state index contributed by atoms with van der Waals surface area (Å²) in [5, 5.41) is 9.91. The Morgan fingerprint density at radius 3 is 2.57 bits per heavy atom. The predicted molar refractivity (Wildman–Crippen MR) is 81.4 cm³/mol. The van der Waals surface area contributed by atoms with Crippen LogP contribution < -0.4 is 0 Å². The van der Waals surface area contributed by atoms with Crippen molar-refractivity contribution in [3.05, 3.63) is 33.8 Å². The topological polar surface area (TPSA) is 57.6 Å². The maximum absolute atomic E-state index is 12.4. The fourth-order valence-corrected chi connectivity index (χ4v) is 3.13. The molecular weight excluding hydrogens is 313 g/mol. The summed E-state index contributed by atoms with van der Waals surface area (Å²) < 4.78 is 0. The molecule has 0 bridgehead atoms. The number of halogens is 2. The van der Waals surface area contributed by atoms with Crippen LogP contribution in [0.5, 0.6) is 0 Å². The van der Waals surface area contributed by atoms with Crippen LogP contribution >= 0.6 is 23.2 Å². The van der Waals surface area contributed by atoms with Gasteiger partial charge in [0.25, 0.3) is 0 Å². The van der Waals surface area contributed by atoms with Crippen LogP contribution in [0.3, 0.4) is 0 Å². The Morgan fingerprint density at radius 2 is 1.95 bits per heavy atom. The summed E-state index contributed by atoms with van der Waals surface area (Å²) in [6, 6.07) is 5.31. The molecule has 6 heteroatoms. The van der Waals surface area contributed by atoms with Crippen LogP contribution in [0, 0.1) is 11.8 Å². The van der Waals surface area contributed by atoms with E-state index < -0.39 is 11.9 Å². The van der Waals surface area contributed by atoms with Crippen molar-refractivity contribution in [1.29, 1.82) is 0 Å². The molecule has 1 aromatic rings. The predicted octanol–water partition coefficient (Wildman–Crippen LogP) is 3.45. The molecule has 1 fully saturated rings. The second-order valence-electron chi connectivity index (χ2n) is 5.45. The number of hydrogen-bond donors (Lipinski definition) is 1. The van der Waals surface area contributed by atoms with Crippen LogP contribution in [-0.2, 0) is 16.1 Å². The van der Waals surface area contributed by atoms with Gasteiger partial charge in [-0.1, -0.05) is 35.3 Å². The van der Waals surface area contributed by atoms with Crippen LogP contribution in [0.2, 0.25) is 10.0 Å². The lowest BCUT2D eigenvalue weighted by atomic mass is 10.0. The zero-order valence-corrected chi connectivity index (χ0v) is 13.2. The molecule has 0 radical (unpaired) electrons. The molecule has 114 valence electrons. The second-order valence-corrected chi connectivity index (χ2v) is 6.24. The SMILES string of the molecule is CN(Cc1cccc(Cl)c1Cl)C(=O)[C@@H]1CC[C@H](C(=O)O)C1. The maximum Gasteiger partial charge on any atom is 0.306 e. The third kappa shape index (κ3) is 3.69. The number of aliphatic carboxylic acids is 1. The number of carboxylic acids is 1. The van der Waals surface area contributed by atoms with Crippen molar-refractivity contribution in [3.8, 4) is 0 Å². The monoisotopic (exact) mass is 329 g/mol. The largest absolute Gasteiger partial charge is 0.481 e. The van der Waals surface area contributed by atoms with E-state index in [0.29, 0.717) is 35.9 Å². The average molecular weight is 330 g/mol. The highest BCUT2D eigenvalue weighted by Gasteiger charge is 2.35. The van der Waals surface area contributed by atoms with E-state index in [9.17, 15) is 9.59 Å². The molecule has 0 unspecified atom stereocenters. The van der Waals surface area contributed by atoms with E-state index in [0.717, 1.165) is 5.56 Å². The summed E-state index contributed by atoms with van der Waals surface area (Å²) in [5.74, 6) is -1.46. The molecule has 1 aliphatic rings. The quantitative estimate of drug-likeness (QED) is 0.920. The molecule has 4 nitrogen and oxygen atoms in total. The lowest BCUT2D eigenvalue weighted by Gasteiger charge is -2.22. The van der Waals surface area contributed by atoms with Gasteiger partial charge in [-0.3, -0.25) is 9.59 Å². The van der Waals surface area contributed by atoms with Gasteiger partial charge in [-0.05, 0) is 30.9 Å². The number of rotatable bonds is 4. The minimum Gasteiger partial charge on any atom is -0.481 e. The standard InChI is InChI=1S/C15H17Cl2NO3/c1-18(8-11-3-2-4-12(16)13(11)17)14(19)9-5-6-10(7-9)15(20)21/h2-4,9-10H,5-8H2,1H3,(H,20,21)/t9-,10+/m1/s1. The van der Waals surface area contributed by atoms with Gasteiger partial charge in [0, 0.05) is 19.5 Å². The molecule has 2 rings (SSSR count). The number of amides is 1. The molecular formula is C15H17Cl2NO3. The van der Waals surface area contributed by atoms with Crippen molar-refractivity contribution in [2.24, 2.45) is 11.8 Å². The Kier molecular flexibility index (Phi) is 5.12. The van der Waals surface area contributed by atoms with Crippen molar-refractivity contribution < 1.29 is 14.7 Å². The van der Waals surface area contributed by atoms with Crippen molar-refractivity contribution in [2.75, 3.05) is 7.05 Å². The summed E-state index contributed by atoms with van der Waals surface area (Å²) in [7, 11) is 1.70. The minimum absolute atomic E-state index is 0.0326. The van der Waals surface area contributed by atoms with E-state index in [1.165, 1.54) is 0 Å². The minimum atomic E-state index is -0.814. The lowest BCUT2D eigenvalue weighted by Crippen LogP contribution is -2.31. The van der Waals surface area contributed by atoms with Crippen molar-refractivity contribution >= 4 is 35.1 Å². The van der Waals surface area contributed by atoms with Crippen LogP contribution in [0.1, 0.15) is 24.8 Å². The third-order valence-electron chi connectivity index (χ3n) is 3.95. The van der Waals surface area contributed by atoms with E-state index >= 15 is 0 Å². The fraction of sp³-hybridized carbons (Fsp3) is 0.467. The van der Waals surface area contributed by atoms with Crippen LogP contribution in [0.4, 0.5) is 0 Å². The van der Waals surface area contributed by atoms with E-state index in [1.807, 2.05) is 6.07 Å². The first kappa shape index (κ1) is 16.1. The number of nitrogens with zero attached hydrogens (tertiary/aromatic N) is 1. The van der Waals surface area contributed by atoms with Crippen LogP contribution in [0.15, 0.2) is 18.2 Å². The normalized spacial score (nSPS) is 21.3. The van der Waals surface area contributed by atoms with Gasteiger partial charge in [-0.2, -0.15) is 0 Å². The van der Waals surface area contributed by atoms with Crippen molar-refractivity contribution in [1.82, 2.24) is 4.90 Å². The number of carboxylic acid groups (broad SMARTS) is 1. The zero-order chi connectivity index (χ0) is 15.6. The van der Waals surface area contributed by atoms with Gasteiger partial charge >= 0.3 is 5.97 Å². The summed E-state index contributed by atoms with van der Waals surface area (Å²) in [6.45, 7) is 0.368. The molecule has 0 heterocycles. The highest BCUT2D eigenvalue weighted by Crippen LogP contribution is 2.33. The Morgan fingerprint density at radius 1 is 1.29 bits per heavy atom. The van der Waals surface area contributed by atoms with Crippen LogP contribution in [0.25, 0.3) is 0 Å². The fourth-order valence-electron chi connectivity index (χ4n) is 2.75. The van der Waals surface area contributed by atoms with Crippen molar-refractivity contribution in [2.45, 2.75) is 25.8 Å². The summed E-state index contributed by atoms with van der Waals surface area (Å²) in [4.78, 5) is 24.9. The number of carbonyl (C=O) groups is 2. The van der Waals surface area contributed by atoms with Gasteiger partial charge in [0.1, 0.15) is 0 Å². The van der Waals surface area contributed by atoms with Gasteiger partial charge in [0.15, 0.2) is 0 Å². The maximum atomic E-state index is 12.4. The van der Waals surface area contributed by atoms with Crippen LogP contribution in [-0.4, -0.2) is 28.9 Å². The molecule has 1 saturated carbocycles. The van der Waals surface area contributed by atoms with E-state index in [1.54, 1.807) is 24.1 Å². The van der Waals surface area contributed by atoms with Crippen molar-refractivity contribution in [3.63, 3.8) is 0 Å². The molecule has 0 saturated heterocycles. The number of hydrogen-bond acceptors (Lipinski definition) is 2. The third-order valence-corrected chi connectivity index (χ3v) is 4.80. The average Bonchev–Trinajstić information content (AvgIpc) is 2.93. The highest BCUT2D eigenvalue weighted by atomic mass is 35.5. The molecule has 1 aliphatic carbocycles. The summed E-state index contributed by atoms with van der Waals surface area (Å²) in [5.41, 5.74) is 0.785. The Labute approximate surface area is 133 Å². The van der Waals surface area contributed by atoms with Gasteiger partial charge in [0.05, 0.1) is 16.0 Å². The molecule has 0 aromatic heterocycles. The second kappa shape index (κ2) is 6.67. The molecule has 21 heavy (non-hydrogen) atoms. The smallest absolute Gasteiger partial charge is 0.306 e. The van der Waals surface area contributed by atoms with Gasteiger partial charge in [0.2, 0.25) is 5.91 Å². The highest BCUT2D eigenvalue weighted by molar-refractivity contribution is 6.42. The zero-order valence-electron chi connectivity index (χ0n) is 11.7. The molecule has 0 spiro atoms. The van der Waals surface area contributed by atoms with E-state index in [-0.39, 0.29) is 11.8 Å². The summed E-state index contributed by atoms with van der Waals surface area (Å²) in [6.07, 6.45) is 1.61. The van der Waals surface area contributed by atoms with Gasteiger partial charge in [-0.25, -0.2) is 0 Å². The van der Waals surface area contributed by atoms with Gasteiger partial charge < -0.3 is 10.0 Å². The lowest BCUT2D eigenvalue weighted by molar-refractivity contribution is -0.141. The summed E-state index contributed by atoms with van der Waals surface area (Å²) >= 11 is 12.1. The Bertz CT molecular complexity index is 562. The molecule has 1 aromatic carbocycles. The Hall–Kier alpha value is -1.26.